The summed E-state index contributed by atoms with van der Waals surface area (Å²) in [6, 6.07) is 9.57. The van der Waals surface area contributed by atoms with Crippen LogP contribution >= 0.6 is 24.8 Å². The molecule has 92 valence electrons. The highest BCUT2D eigenvalue weighted by Gasteiger charge is 2.05. The Hall–Kier alpha value is -0.970. The van der Waals surface area contributed by atoms with Gasteiger partial charge >= 0.3 is 6.09 Å². The number of hydrogen-bond donors (Lipinski definition) is 2. The normalized spacial score (nSPS) is 10.6. The number of carbonyl (C=O) groups is 1. The lowest BCUT2D eigenvalue weighted by atomic mass is 10.1. The van der Waals surface area contributed by atoms with Crippen molar-refractivity contribution >= 4 is 30.9 Å². The van der Waals surface area contributed by atoms with Gasteiger partial charge in [-0.05, 0) is 12.0 Å². The zero-order valence-corrected chi connectivity index (χ0v) is 10.3. The molecule has 0 aliphatic heterocycles. The van der Waals surface area contributed by atoms with Crippen LogP contribution in [-0.2, 0) is 11.2 Å². The van der Waals surface area contributed by atoms with Crippen molar-refractivity contribution in [2.45, 2.75) is 12.5 Å². The summed E-state index contributed by atoms with van der Waals surface area (Å²) >= 11 is 0. The molecule has 0 aliphatic carbocycles. The summed E-state index contributed by atoms with van der Waals surface area (Å²) in [7, 11) is 0. The molecule has 0 aromatic heterocycles. The molecule has 0 saturated heterocycles. The molecule has 1 aromatic rings. The summed E-state index contributed by atoms with van der Waals surface area (Å²) in [5.41, 5.74) is 11.7. The molecule has 0 heterocycles. The van der Waals surface area contributed by atoms with E-state index in [4.69, 9.17) is 11.5 Å². The largest absolute Gasteiger partial charge is 0.448 e. The first-order chi connectivity index (χ1) is 6.68. The maximum absolute atomic E-state index is 10.3. The molecule has 16 heavy (non-hydrogen) atoms. The first kappa shape index (κ1) is 17.4. The number of carbonyl (C=O) groups excluding carboxylic acids is 1. The lowest BCUT2D eigenvalue weighted by Gasteiger charge is -2.10. The van der Waals surface area contributed by atoms with Crippen molar-refractivity contribution in [1.29, 1.82) is 0 Å². The third-order valence-electron chi connectivity index (χ3n) is 1.78. The molecular formula is C10H16Cl2N2O2. The standard InChI is InChI=1S/C10H14N2O2.2ClH/c11-9(7-14-10(12)13)6-8-4-2-1-3-5-8;;/h1-5,9H,6-7,11H2,(H2,12,13);2*1H. The molecular weight excluding hydrogens is 251 g/mol. The van der Waals surface area contributed by atoms with E-state index < -0.39 is 6.09 Å². The minimum absolute atomic E-state index is 0. The SMILES string of the molecule is Cl.Cl.NC(=O)OCC(N)Cc1ccccc1. The second kappa shape index (κ2) is 9.27. The predicted molar refractivity (Wildman–Crippen MR) is 68.2 cm³/mol. The molecule has 4 N–H and O–H groups in total. The van der Waals surface area contributed by atoms with Crippen molar-refractivity contribution in [2.24, 2.45) is 11.5 Å². The van der Waals surface area contributed by atoms with Crippen molar-refractivity contribution in [3.8, 4) is 0 Å². The summed E-state index contributed by atoms with van der Waals surface area (Å²) in [5, 5.41) is 0. The van der Waals surface area contributed by atoms with E-state index in [0.29, 0.717) is 6.42 Å². The van der Waals surface area contributed by atoms with Crippen LogP contribution in [0.1, 0.15) is 5.56 Å². The maximum atomic E-state index is 10.3. The minimum atomic E-state index is -0.784. The molecule has 0 spiro atoms. The summed E-state index contributed by atoms with van der Waals surface area (Å²) in [4.78, 5) is 10.3. The second-order valence-corrected chi connectivity index (χ2v) is 3.08. The van der Waals surface area contributed by atoms with Crippen molar-refractivity contribution in [3.63, 3.8) is 0 Å². The van der Waals surface area contributed by atoms with E-state index in [9.17, 15) is 4.79 Å². The number of ether oxygens (including phenoxy) is 1. The first-order valence-electron chi connectivity index (χ1n) is 4.40. The average molecular weight is 267 g/mol. The van der Waals surface area contributed by atoms with Gasteiger partial charge in [0, 0.05) is 6.04 Å². The number of primary amides is 1. The second-order valence-electron chi connectivity index (χ2n) is 3.08. The Morgan fingerprint density at radius 1 is 1.25 bits per heavy atom. The topological polar surface area (TPSA) is 78.3 Å². The Balaban J connectivity index is 0. The van der Waals surface area contributed by atoms with Gasteiger partial charge in [0.05, 0.1) is 0 Å². The molecule has 0 fully saturated rings. The van der Waals surface area contributed by atoms with Crippen LogP contribution in [0.15, 0.2) is 30.3 Å². The zero-order valence-electron chi connectivity index (χ0n) is 8.67. The monoisotopic (exact) mass is 266 g/mol. The van der Waals surface area contributed by atoms with E-state index in [1.807, 2.05) is 30.3 Å². The quantitative estimate of drug-likeness (QED) is 0.867. The number of hydrogen-bond acceptors (Lipinski definition) is 3. The molecule has 6 heteroatoms. The number of halogens is 2. The molecule has 1 atom stereocenters. The van der Waals surface area contributed by atoms with Gasteiger partial charge in [0.2, 0.25) is 0 Å². The molecule has 4 nitrogen and oxygen atoms in total. The third kappa shape index (κ3) is 7.34. The molecule has 0 radical (unpaired) electrons. The fourth-order valence-corrected chi connectivity index (χ4v) is 1.16. The van der Waals surface area contributed by atoms with Crippen molar-refractivity contribution in [3.05, 3.63) is 35.9 Å². The molecule has 1 rings (SSSR count). The fraction of sp³-hybridized carbons (Fsp3) is 0.300. The van der Waals surface area contributed by atoms with Gasteiger partial charge < -0.3 is 16.2 Å². The zero-order chi connectivity index (χ0) is 10.4. The summed E-state index contributed by atoms with van der Waals surface area (Å²) in [5.74, 6) is 0. The number of rotatable bonds is 4. The van der Waals surface area contributed by atoms with Crippen LogP contribution in [-0.4, -0.2) is 18.7 Å². The molecule has 1 unspecified atom stereocenters. The Labute approximate surface area is 107 Å². The van der Waals surface area contributed by atoms with E-state index in [1.165, 1.54) is 0 Å². The van der Waals surface area contributed by atoms with Crippen molar-refractivity contribution in [1.82, 2.24) is 0 Å². The highest BCUT2D eigenvalue weighted by molar-refractivity contribution is 5.85. The molecule has 0 saturated carbocycles. The van der Waals surface area contributed by atoms with Crippen molar-refractivity contribution < 1.29 is 9.53 Å². The van der Waals surface area contributed by atoms with Crippen LogP contribution in [0, 0.1) is 0 Å². The first-order valence-corrected chi connectivity index (χ1v) is 4.40. The smallest absolute Gasteiger partial charge is 0.404 e. The van der Waals surface area contributed by atoms with Gasteiger partial charge in [-0.2, -0.15) is 0 Å². The number of nitrogens with two attached hydrogens (primary N) is 2. The van der Waals surface area contributed by atoms with E-state index in [0.717, 1.165) is 5.56 Å². The molecule has 0 aliphatic rings. The summed E-state index contributed by atoms with van der Waals surface area (Å²) < 4.78 is 4.59. The lowest BCUT2D eigenvalue weighted by Crippen LogP contribution is -2.31. The van der Waals surface area contributed by atoms with Gasteiger partial charge in [0.1, 0.15) is 6.61 Å². The minimum Gasteiger partial charge on any atom is -0.448 e. The van der Waals surface area contributed by atoms with E-state index in [2.05, 4.69) is 4.74 Å². The van der Waals surface area contributed by atoms with Gasteiger partial charge in [-0.3, -0.25) is 0 Å². The van der Waals surface area contributed by atoms with Gasteiger partial charge in [-0.25, -0.2) is 4.79 Å². The van der Waals surface area contributed by atoms with E-state index in [1.54, 1.807) is 0 Å². The van der Waals surface area contributed by atoms with E-state index in [-0.39, 0.29) is 37.5 Å². The summed E-state index contributed by atoms with van der Waals surface area (Å²) in [6.07, 6.45) is -0.109. The van der Waals surface area contributed by atoms with Gasteiger partial charge in [-0.1, -0.05) is 30.3 Å². The Morgan fingerprint density at radius 3 is 2.31 bits per heavy atom. The van der Waals surface area contributed by atoms with Crippen LogP contribution in [0.3, 0.4) is 0 Å². The number of amides is 1. The Kier molecular flexibility index (Phi) is 10.1. The van der Waals surface area contributed by atoms with Crippen LogP contribution in [0.2, 0.25) is 0 Å². The highest BCUT2D eigenvalue weighted by atomic mass is 35.5. The summed E-state index contributed by atoms with van der Waals surface area (Å²) in [6.45, 7) is 0.157. The van der Waals surface area contributed by atoms with Crippen LogP contribution < -0.4 is 11.5 Å². The third-order valence-corrected chi connectivity index (χ3v) is 1.78. The molecule has 0 bridgehead atoms. The molecule has 1 aromatic carbocycles. The van der Waals surface area contributed by atoms with Crippen molar-refractivity contribution in [2.75, 3.05) is 6.61 Å². The maximum Gasteiger partial charge on any atom is 0.404 e. The lowest BCUT2D eigenvalue weighted by molar-refractivity contribution is 0.149. The van der Waals surface area contributed by atoms with Gasteiger partial charge in [-0.15, -0.1) is 24.8 Å². The van der Waals surface area contributed by atoms with Crippen LogP contribution in [0.4, 0.5) is 4.79 Å². The van der Waals surface area contributed by atoms with E-state index >= 15 is 0 Å². The Bertz CT molecular complexity index is 296. The predicted octanol–water partition coefficient (Wildman–Crippen LogP) is 1.50. The van der Waals surface area contributed by atoms with Gasteiger partial charge in [0.25, 0.3) is 0 Å². The number of benzene rings is 1. The Morgan fingerprint density at radius 2 is 1.81 bits per heavy atom. The van der Waals surface area contributed by atoms with Crippen LogP contribution in [0.5, 0.6) is 0 Å². The molecule has 1 amide bonds. The average Bonchev–Trinajstić information content (AvgIpc) is 2.16. The highest BCUT2D eigenvalue weighted by Crippen LogP contribution is 2.01. The van der Waals surface area contributed by atoms with Gasteiger partial charge in [0.15, 0.2) is 0 Å². The fourth-order valence-electron chi connectivity index (χ4n) is 1.16. The van der Waals surface area contributed by atoms with Crippen LogP contribution in [0.25, 0.3) is 0 Å².